The Morgan fingerprint density at radius 2 is 2.28 bits per heavy atom. The molecular formula is C12H16ClN5. The highest BCUT2D eigenvalue weighted by Gasteiger charge is 2.04. The third kappa shape index (κ3) is 3.38. The van der Waals surface area contributed by atoms with Gasteiger partial charge in [0.25, 0.3) is 0 Å². The van der Waals surface area contributed by atoms with E-state index in [0.29, 0.717) is 11.6 Å². The molecule has 2 aromatic rings. The molecule has 1 aromatic carbocycles. The van der Waals surface area contributed by atoms with E-state index in [9.17, 15) is 0 Å². The molecular weight excluding hydrogens is 250 g/mol. The standard InChI is InChI=1S/C12H16ClN5/c13-9-3-1-4-10(7-9)17-11-8-16-18-12(11)15-6-2-5-14/h1,3-4,7-8,17H,2,5-6,14H2,(H2,15,16,18). The summed E-state index contributed by atoms with van der Waals surface area (Å²) in [6.07, 6.45) is 2.64. The fourth-order valence-corrected chi connectivity index (χ4v) is 1.74. The summed E-state index contributed by atoms with van der Waals surface area (Å²) in [4.78, 5) is 0. The zero-order valence-corrected chi connectivity index (χ0v) is 10.7. The van der Waals surface area contributed by atoms with Gasteiger partial charge in [0.2, 0.25) is 0 Å². The van der Waals surface area contributed by atoms with E-state index in [1.54, 1.807) is 6.20 Å². The van der Waals surface area contributed by atoms with E-state index in [1.165, 1.54) is 0 Å². The number of nitrogens with two attached hydrogens (primary N) is 1. The normalized spacial score (nSPS) is 10.3. The predicted octanol–water partition coefficient (Wildman–Crippen LogP) is 2.57. The lowest BCUT2D eigenvalue weighted by Gasteiger charge is -2.08. The molecule has 0 aliphatic carbocycles. The van der Waals surface area contributed by atoms with Gasteiger partial charge < -0.3 is 16.4 Å². The maximum absolute atomic E-state index is 5.93. The highest BCUT2D eigenvalue weighted by Crippen LogP contribution is 2.24. The van der Waals surface area contributed by atoms with Crippen LogP contribution in [0.25, 0.3) is 0 Å². The summed E-state index contributed by atoms with van der Waals surface area (Å²) >= 11 is 5.93. The van der Waals surface area contributed by atoms with Crippen molar-refractivity contribution < 1.29 is 0 Å². The number of aromatic amines is 1. The Bertz CT molecular complexity index is 497. The molecule has 0 aliphatic rings. The van der Waals surface area contributed by atoms with Gasteiger partial charge in [-0.3, -0.25) is 5.10 Å². The van der Waals surface area contributed by atoms with Crippen LogP contribution in [-0.2, 0) is 0 Å². The van der Waals surface area contributed by atoms with Gasteiger partial charge in [0, 0.05) is 17.3 Å². The molecule has 6 heteroatoms. The van der Waals surface area contributed by atoms with E-state index < -0.39 is 0 Å². The zero-order chi connectivity index (χ0) is 12.8. The van der Waals surface area contributed by atoms with E-state index in [2.05, 4.69) is 20.8 Å². The van der Waals surface area contributed by atoms with Crippen LogP contribution in [-0.4, -0.2) is 23.3 Å². The minimum Gasteiger partial charge on any atom is -0.369 e. The number of rotatable bonds is 6. The molecule has 0 amide bonds. The van der Waals surface area contributed by atoms with Crippen LogP contribution in [0.3, 0.4) is 0 Å². The summed E-state index contributed by atoms with van der Waals surface area (Å²) in [5, 5.41) is 14.1. The number of hydrogen-bond donors (Lipinski definition) is 4. The van der Waals surface area contributed by atoms with E-state index in [-0.39, 0.29) is 0 Å². The van der Waals surface area contributed by atoms with E-state index in [4.69, 9.17) is 17.3 Å². The van der Waals surface area contributed by atoms with Crippen molar-refractivity contribution in [1.29, 1.82) is 0 Å². The van der Waals surface area contributed by atoms with Crippen LogP contribution in [0.4, 0.5) is 17.2 Å². The van der Waals surface area contributed by atoms with Crippen molar-refractivity contribution >= 4 is 28.8 Å². The van der Waals surface area contributed by atoms with Gasteiger partial charge in [-0.25, -0.2) is 0 Å². The van der Waals surface area contributed by atoms with Crippen molar-refractivity contribution in [2.45, 2.75) is 6.42 Å². The first-order valence-electron chi connectivity index (χ1n) is 5.79. The van der Waals surface area contributed by atoms with Crippen molar-refractivity contribution in [3.63, 3.8) is 0 Å². The van der Waals surface area contributed by atoms with Crippen LogP contribution in [0.5, 0.6) is 0 Å². The molecule has 0 unspecified atom stereocenters. The molecule has 0 saturated heterocycles. The van der Waals surface area contributed by atoms with Crippen LogP contribution in [0.15, 0.2) is 30.5 Å². The highest BCUT2D eigenvalue weighted by molar-refractivity contribution is 6.30. The van der Waals surface area contributed by atoms with Crippen molar-refractivity contribution in [1.82, 2.24) is 10.2 Å². The fraction of sp³-hybridized carbons (Fsp3) is 0.250. The van der Waals surface area contributed by atoms with Crippen molar-refractivity contribution in [3.05, 3.63) is 35.5 Å². The highest BCUT2D eigenvalue weighted by atomic mass is 35.5. The Kier molecular flexibility index (Phi) is 4.44. The summed E-state index contributed by atoms with van der Waals surface area (Å²) in [6.45, 7) is 1.47. The minimum absolute atomic E-state index is 0.665. The molecule has 18 heavy (non-hydrogen) atoms. The Labute approximate surface area is 111 Å². The summed E-state index contributed by atoms with van der Waals surface area (Å²) in [6, 6.07) is 7.54. The van der Waals surface area contributed by atoms with Gasteiger partial charge in [-0.05, 0) is 31.2 Å². The molecule has 5 N–H and O–H groups in total. The third-order valence-corrected chi connectivity index (χ3v) is 2.66. The number of halogens is 1. The molecule has 0 fully saturated rings. The number of aromatic nitrogens is 2. The Balaban J connectivity index is 2.03. The Hall–Kier alpha value is -1.72. The van der Waals surface area contributed by atoms with Gasteiger partial charge >= 0.3 is 0 Å². The zero-order valence-electron chi connectivity index (χ0n) is 9.91. The minimum atomic E-state index is 0.665. The summed E-state index contributed by atoms with van der Waals surface area (Å²) in [7, 11) is 0. The lowest BCUT2D eigenvalue weighted by Crippen LogP contribution is -2.09. The maximum Gasteiger partial charge on any atom is 0.145 e. The van der Waals surface area contributed by atoms with Gasteiger partial charge in [-0.2, -0.15) is 5.10 Å². The topological polar surface area (TPSA) is 78.8 Å². The second kappa shape index (κ2) is 6.28. The third-order valence-electron chi connectivity index (χ3n) is 2.43. The van der Waals surface area contributed by atoms with E-state index >= 15 is 0 Å². The molecule has 1 heterocycles. The predicted molar refractivity (Wildman–Crippen MR) is 75.5 cm³/mol. The lowest BCUT2D eigenvalue weighted by atomic mass is 10.3. The summed E-state index contributed by atoms with van der Waals surface area (Å²) in [5.41, 5.74) is 7.26. The van der Waals surface area contributed by atoms with Crippen LogP contribution >= 0.6 is 11.6 Å². The van der Waals surface area contributed by atoms with Gasteiger partial charge in [0.05, 0.1) is 6.20 Å². The molecule has 0 aliphatic heterocycles. The fourth-order valence-electron chi connectivity index (χ4n) is 1.55. The molecule has 0 spiro atoms. The second-order valence-electron chi connectivity index (χ2n) is 3.86. The summed E-state index contributed by atoms with van der Waals surface area (Å²) < 4.78 is 0. The number of hydrogen-bond acceptors (Lipinski definition) is 4. The van der Waals surface area contributed by atoms with E-state index in [1.807, 2.05) is 24.3 Å². The number of nitrogens with one attached hydrogen (secondary N) is 3. The molecule has 0 atom stereocenters. The Morgan fingerprint density at radius 1 is 1.39 bits per heavy atom. The second-order valence-corrected chi connectivity index (χ2v) is 4.30. The largest absolute Gasteiger partial charge is 0.369 e. The van der Waals surface area contributed by atoms with Gasteiger partial charge in [0.15, 0.2) is 0 Å². The molecule has 0 saturated carbocycles. The molecule has 5 nitrogen and oxygen atoms in total. The number of anilines is 3. The van der Waals surface area contributed by atoms with Crippen molar-refractivity contribution in [2.75, 3.05) is 23.7 Å². The average Bonchev–Trinajstić information content (AvgIpc) is 2.77. The molecule has 2 rings (SSSR count). The van der Waals surface area contributed by atoms with Crippen molar-refractivity contribution in [3.8, 4) is 0 Å². The summed E-state index contributed by atoms with van der Waals surface area (Å²) in [5.74, 6) is 0.850. The smallest absolute Gasteiger partial charge is 0.145 e. The molecule has 1 aromatic heterocycles. The quantitative estimate of drug-likeness (QED) is 0.606. The van der Waals surface area contributed by atoms with Gasteiger partial charge in [-0.15, -0.1) is 0 Å². The van der Waals surface area contributed by atoms with Crippen LogP contribution < -0.4 is 16.4 Å². The first kappa shape index (κ1) is 12.7. The van der Waals surface area contributed by atoms with Crippen LogP contribution in [0, 0.1) is 0 Å². The van der Waals surface area contributed by atoms with Gasteiger partial charge in [-0.1, -0.05) is 17.7 Å². The molecule has 96 valence electrons. The maximum atomic E-state index is 5.93. The first-order valence-corrected chi connectivity index (χ1v) is 6.17. The monoisotopic (exact) mass is 265 g/mol. The number of H-pyrrole nitrogens is 1. The first-order chi connectivity index (χ1) is 8.79. The van der Waals surface area contributed by atoms with Crippen molar-refractivity contribution in [2.24, 2.45) is 5.73 Å². The number of nitrogens with zero attached hydrogens (tertiary/aromatic N) is 1. The van der Waals surface area contributed by atoms with E-state index in [0.717, 1.165) is 30.2 Å². The van der Waals surface area contributed by atoms with Crippen LogP contribution in [0.1, 0.15) is 6.42 Å². The average molecular weight is 266 g/mol. The lowest BCUT2D eigenvalue weighted by molar-refractivity contribution is 0.868. The molecule has 0 radical (unpaired) electrons. The van der Waals surface area contributed by atoms with Crippen LogP contribution in [0.2, 0.25) is 5.02 Å². The Morgan fingerprint density at radius 3 is 3.06 bits per heavy atom. The SMILES string of the molecule is NCCCNc1[nH]ncc1Nc1cccc(Cl)c1. The van der Waals surface area contributed by atoms with Gasteiger partial charge in [0.1, 0.15) is 11.5 Å². The molecule has 0 bridgehead atoms. The number of benzene rings is 1.